The molecular weight excluding hydrogens is 317 g/mol. The Hall–Kier alpha value is -0.841. The van der Waals surface area contributed by atoms with Gasteiger partial charge in [0.15, 0.2) is 0 Å². The van der Waals surface area contributed by atoms with Gasteiger partial charge in [-0.3, -0.25) is 0 Å². The van der Waals surface area contributed by atoms with Crippen molar-refractivity contribution in [1.29, 1.82) is 0 Å². The molecule has 2 rings (SSSR count). The van der Waals surface area contributed by atoms with E-state index in [1.807, 2.05) is 22.9 Å². The SMILES string of the molecule is CCC[CH2][SnH]([CH3])[c]1cn(-c2ccccc2)nn1. The molecule has 1 unspecified atom stereocenters. The van der Waals surface area contributed by atoms with Crippen LogP contribution in [0.3, 0.4) is 0 Å². The van der Waals surface area contributed by atoms with Gasteiger partial charge in [-0.05, 0) is 0 Å². The number of unbranched alkanes of at least 4 members (excludes halogenated alkanes) is 1. The number of nitrogens with zero attached hydrogens (tertiary/aromatic N) is 3. The average molecular weight is 336 g/mol. The third-order valence-electron chi connectivity index (χ3n) is 3.03. The molecule has 90 valence electrons. The van der Waals surface area contributed by atoms with E-state index >= 15 is 0 Å². The third-order valence-corrected chi connectivity index (χ3v) is 10.3. The standard InChI is InChI=1S/C8H6N3.C4H9.CH3.Sn.H/c1-2-4-8(5-3-1)11-7-6-9-10-11;1-3-4-2;;;/h1-5,7H;1,3-4H2,2H3;1H3;;. The van der Waals surface area contributed by atoms with Gasteiger partial charge in [-0.25, -0.2) is 0 Å². The molecule has 0 aliphatic rings. The molecule has 0 spiro atoms. The van der Waals surface area contributed by atoms with Gasteiger partial charge in [-0.15, -0.1) is 0 Å². The summed E-state index contributed by atoms with van der Waals surface area (Å²) in [4.78, 5) is 2.43. The van der Waals surface area contributed by atoms with E-state index in [1.165, 1.54) is 21.0 Å². The molecule has 1 heterocycles. The molecule has 0 saturated carbocycles. The van der Waals surface area contributed by atoms with Crippen LogP contribution >= 0.6 is 0 Å². The maximum absolute atomic E-state index is 4.35. The molecule has 0 saturated heterocycles. The quantitative estimate of drug-likeness (QED) is 0.784. The zero-order chi connectivity index (χ0) is 12.1. The fourth-order valence-electron chi connectivity index (χ4n) is 1.87. The van der Waals surface area contributed by atoms with E-state index in [4.69, 9.17) is 0 Å². The fraction of sp³-hybridized carbons (Fsp3) is 0.385. The molecule has 0 amide bonds. The van der Waals surface area contributed by atoms with Crippen molar-refractivity contribution < 1.29 is 0 Å². The molecule has 3 nitrogen and oxygen atoms in total. The number of hydrogen-bond donors (Lipinski definition) is 0. The average Bonchev–Trinajstić information content (AvgIpc) is 2.86. The van der Waals surface area contributed by atoms with Crippen LogP contribution in [-0.4, -0.2) is 34.8 Å². The predicted molar refractivity (Wildman–Crippen MR) is 73.7 cm³/mol. The molecule has 0 aliphatic heterocycles. The number of benzene rings is 1. The summed E-state index contributed by atoms with van der Waals surface area (Å²) in [5.41, 5.74) is 1.10. The molecule has 1 aromatic carbocycles. The minimum absolute atomic E-state index is 1.10. The summed E-state index contributed by atoms with van der Waals surface area (Å²) in [5.74, 6) is 0. The van der Waals surface area contributed by atoms with Gasteiger partial charge in [0.1, 0.15) is 0 Å². The Morgan fingerprint density at radius 3 is 2.71 bits per heavy atom. The van der Waals surface area contributed by atoms with Crippen LogP contribution in [-0.2, 0) is 0 Å². The Labute approximate surface area is 110 Å². The summed E-state index contributed by atoms with van der Waals surface area (Å²) in [6.45, 7) is 2.25. The van der Waals surface area contributed by atoms with E-state index in [2.05, 4.69) is 40.5 Å². The molecule has 4 heteroatoms. The topological polar surface area (TPSA) is 30.7 Å². The molecule has 0 radical (unpaired) electrons. The van der Waals surface area contributed by atoms with Gasteiger partial charge in [0.2, 0.25) is 0 Å². The van der Waals surface area contributed by atoms with Crippen LogP contribution in [0.2, 0.25) is 9.38 Å². The summed E-state index contributed by atoms with van der Waals surface area (Å²) < 4.78 is 4.59. The molecule has 1 atom stereocenters. The normalized spacial score (nSPS) is 12.6. The zero-order valence-corrected chi connectivity index (χ0v) is 13.8. The zero-order valence-electron chi connectivity index (χ0n) is 10.5. The minimum atomic E-state index is -1.58. The Kier molecular flexibility index (Phi) is 4.59. The molecule has 2 aromatic rings. The van der Waals surface area contributed by atoms with Gasteiger partial charge in [-0.1, -0.05) is 0 Å². The van der Waals surface area contributed by atoms with Crippen molar-refractivity contribution in [3.05, 3.63) is 36.5 Å². The van der Waals surface area contributed by atoms with Crippen LogP contribution in [0.4, 0.5) is 0 Å². The van der Waals surface area contributed by atoms with Crippen LogP contribution in [0.1, 0.15) is 19.8 Å². The van der Waals surface area contributed by atoms with E-state index in [0.29, 0.717) is 0 Å². The first kappa shape index (κ1) is 12.6. The third kappa shape index (κ3) is 3.31. The van der Waals surface area contributed by atoms with Crippen molar-refractivity contribution in [3.63, 3.8) is 0 Å². The van der Waals surface area contributed by atoms with Gasteiger partial charge in [0.05, 0.1) is 0 Å². The molecule has 0 aliphatic carbocycles. The number of rotatable bonds is 5. The number of para-hydroxylation sites is 1. The van der Waals surface area contributed by atoms with Crippen LogP contribution in [0.15, 0.2) is 36.5 Å². The van der Waals surface area contributed by atoms with E-state index in [1.54, 1.807) is 0 Å². The molecule has 1 aromatic heterocycles. The van der Waals surface area contributed by atoms with Crippen LogP contribution in [0.5, 0.6) is 0 Å². The molecule has 0 fully saturated rings. The van der Waals surface area contributed by atoms with Crippen molar-refractivity contribution in [1.82, 2.24) is 15.0 Å². The Balaban J connectivity index is 2.11. The van der Waals surface area contributed by atoms with E-state index < -0.39 is 19.8 Å². The van der Waals surface area contributed by atoms with Crippen molar-refractivity contribution in [3.8, 4) is 5.69 Å². The van der Waals surface area contributed by atoms with Gasteiger partial charge in [0, 0.05) is 0 Å². The van der Waals surface area contributed by atoms with Crippen molar-refractivity contribution >= 4 is 23.5 Å². The Morgan fingerprint density at radius 2 is 2.00 bits per heavy atom. The Bertz CT molecular complexity index is 453. The van der Waals surface area contributed by atoms with Gasteiger partial charge in [0.25, 0.3) is 0 Å². The van der Waals surface area contributed by atoms with Crippen molar-refractivity contribution in [2.24, 2.45) is 0 Å². The number of aromatic nitrogens is 3. The second-order valence-corrected chi connectivity index (χ2v) is 12.9. The summed E-state index contributed by atoms with van der Waals surface area (Å²) >= 11 is -1.58. The first-order chi connectivity index (χ1) is 8.31. The predicted octanol–water partition coefficient (Wildman–Crippen LogP) is 2.13. The van der Waals surface area contributed by atoms with Crippen LogP contribution in [0, 0.1) is 0 Å². The van der Waals surface area contributed by atoms with Crippen LogP contribution in [0.25, 0.3) is 5.69 Å². The molecule has 0 N–H and O–H groups in total. The second-order valence-electron chi connectivity index (χ2n) is 4.47. The van der Waals surface area contributed by atoms with E-state index in [0.717, 1.165) is 5.69 Å². The van der Waals surface area contributed by atoms with Crippen molar-refractivity contribution in [2.45, 2.75) is 29.1 Å². The molecule has 17 heavy (non-hydrogen) atoms. The monoisotopic (exact) mass is 337 g/mol. The summed E-state index contributed by atoms with van der Waals surface area (Å²) in [5, 5.41) is 8.59. The number of hydrogen-bond acceptors (Lipinski definition) is 2. The summed E-state index contributed by atoms with van der Waals surface area (Å²) in [7, 11) is 0. The first-order valence-corrected chi connectivity index (χ1v) is 13.6. The van der Waals surface area contributed by atoms with Gasteiger partial charge in [-0.2, -0.15) is 0 Å². The summed E-state index contributed by atoms with van der Waals surface area (Å²) in [6.07, 6.45) is 4.76. The van der Waals surface area contributed by atoms with E-state index in [9.17, 15) is 0 Å². The van der Waals surface area contributed by atoms with Crippen LogP contribution < -0.4 is 3.71 Å². The first-order valence-electron chi connectivity index (χ1n) is 6.29. The van der Waals surface area contributed by atoms with E-state index in [-0.39, 0.29) is 0 Å². The maximum atomic E-state index is 4.35. The van der Waals surface area contributed by atoms with Crippen molar-refractivity contribution in [2.75, 3.05) is 0 Å². The molecular formula is C13H19N3Sn. The summed E-state index contributed by atoms with van der Waals surface area (Å²) in [6, 6.07) is 10.2. The Morgan fingerprint density at radius 1 is 1.24 bits per heavy atom. The second kappa shape index (κ2) is 6.19. The molecule has 0 bridgehead atoms. The van der Waals surface area contributed by atoms with Gasteiger partial charge >= 0.3 is 110 Å². The van der Waals surface area contributed by atoms with Gasteiger partial charge < -0.3 is 0 Å². The fourth-order valence-corrected chi connectivity index (χ4v) is 7.46.